The van der Waals surface area contributed by atoms with Crippen molar-refractivity contribution in [3.63, 3.8) is 0 Å². The minimum Gasteiger partial charge on any atom is -0.310 e. The summed E-state index contributed by atoms with van der Waals surface area (Å²) in [6.07, 6.45) is 0. The molecule has 54 heavy (non-hydrogen) atoms. The number of nitrogens with zero attached hydrogens (tertiary/aromatic N) is 2. The van der Waals surface area contributed by atoms with Crippen molar-refractivity contribution in [3.8, 4) is 27.9 Å². The molecule has 8 aromatic carbocycles. The molecule has 0 saturated carbocycles. The predicted molar refractivity (Wildman–Crippen MR) is 231 cm³/mol. The van der Waals surface area contributed by atoms with E-state index in [1.54, 1.807) is 0 Å². The minimum absolute atomic E-state index is 0.119. The number of fused-ring (bicyclic) bond motifs is 9. The highest BCUT2D eigenvalue weighted by Crippen LogP contribution is 2.52. The molecule has 1 aliphatic rings. The Kier molecular flexibility index (Phi) is 6.80. The van der Waals surface area contributed by atoms with Gasteiger partial charge >= 0.3 is 0 Å². The van der Waals surface area contributed by atoms with Crippen LogP contribution in [-0.2, 0) is 5.41 Å². The Labute approximate surface area is 318 Å². The van der Waals surface area contributed by atoms with Crippen LogP contribution in [0.15, 0.2) is 182 Å². The topological polar surface area (TPSA) is 8.17 Å². The van der Waals surface area contributed by atoms with Gasteiger partial charge in [0.05, 0.1) is 16.7 Å². The number of rotatable bonds is 5. The number of anilines is 3. The van der Waals surface area contributed by atoms with Crippen molar-refractivity contribution in [2.75, 3.05) is 4.90 Å². The summed E-state index contributed by atoms with van der Waals surface area (Å²) in [5, 5.41) is 5.11. The van der Waals surface area contributed by atoms with E-state index in [2.05, 4.69) is 205 Å². The van der Waals surface area contributed by atoms with Gasteiger partial charge in [-0.1, -0.05) is 129 Å². The summed E-state index contributed by atoms with van der Waals surface area (Å²) in [6, 6.07) is 67.2. The Morgan fingerprint density at radius 2 is 1.09 bits per heavy atom. The first-order valence-corrected chi connectivity index (χ1v) is 19.5. The van der Waals surface area contributed by atoms with Crippen molar-refractivity contribution in [1.29, 1.82) is 0 Å². The van der Waals surface area contributed by atoms with Gasteiger partial charge < -0.3 is 9.47 Å². The normalized spacial score (nSPS) is 13.1. The molecular weight excluding hydrogens is 673 g/mol. The summed E-state index contributed by atoms with van der Waals surface area (Å²) in [5.41, 5.74) is 14.7. The number of thiophene rings is 1. The van der Waals surface area contributed by atoms with Gasteiger partial charge in [-0.25, -0.2) is 0 Å². The van der Waals surface area contributed by atoms with E-state index in [1.807, 2.05) is 11.3 Å². The summed E-state index contributed by atoms with van der Waals surface area (Å²) in [5.74, 6) is 0. The molecule has 3 heteroatoms. The quantitative estimate of drug-likeness (QED) is 0.173. The van der Waals surface area contributed by atoms with Gasteiger partial charge in [-0.2, -0.15) is 0 Å². The third-order valence-electron chi connectivity index (χ3n) is 11.6. The number of hydrogen-bond donors (Lipinski definition) is 0. The Balaban J connectivity index is 1.16. The van der Waals surface area contributed by atoms with Crippen LogP contribution in [0, 0.1) is 0 Å². The third-order valence-corrected chi connectivity index (χ3v) is 12.7. The van der Waals surface area contributed by atoms with Gasteiger partial charge in [-0.15, -0.1) is 11.3 Å². The zero-order valence-electron chi connectivity index (χ0n) is 30.1. The molecule has 0 bridgehead atoms. The summed E-state index contributed by atoms with van der Waals surface area (Å²) >= 11 is 1.87. The zero-order chi connectivity index (χ0) is 36.0. The third kappa shape index (κ3) is 4.58. The highest BCUT2D eigenvalue weighted by atomic mass is 32.1. The second kappa shape index (κ2) is 11.8. The van der Waals surface area contributed by atoms with E-state index in [4.69, 9.17) is 0 Å². The molecule has 0 radical (unpaired) electrons. The van der Waals surface area contributed by atoms with E-state index >= 15 is 0 Å². The van der Waals surface area contributed by atoms with Crippen LogP contribution in [0.25, 0.3) is 69.9 Å². The van der Waals surface area contributed by atoms with E-state index in [1.165, 1.54) is 75.4 Å². The van der Waals surface area contributed by atoms with Gasteiger partial charge in [0.15, 0.2) is 0 Å². The van der Waals surface area contributed by atoms with E-state index in [9.17, 15) is 0 Å². The summed E-state index contributed by atoms with van der Waals surface area (Å²) in [7, 11) is 0. The molecule has 2 heterocycles. The van der Waals surface area contributed by atoms with Crippen LogP contribution in [0.3, 0.4) is 0 Å². The maximum absolute atomic E-state index is 2.48. The molecule has 2 aromatic heterocycles. The van der Waals surface area contributed by atoms with Gasteiger partial charge in [0, 0.05) is 59.0 Å². The summed E-state index contributed by atoms with van der Waals surface area (Å²) < 4.78 is 5.02. The standard InChI is InChI=1S/C51H36N2S/c1-51(2)44-20-10-6-17-38(44)39-28-25-36(32-45(39)51)52(35-26-29-48-43(31-35)40-18-8-12-22-47(40)53(48)34-14-4-3-5-15-34)46-21-11-7-16-37(46)33-24-27-42-41-19-9-13-23-49(41)54-50(42)30-33/h3-32H,1-2H3. The zero-order valence-corrected chi connectivity index (χ0v) is 30.9. The fourth-order valence-electron chi connectivity index (χ4n) is 9.02. The van der Waals surface area contributed by atoms with E-state index in [0.717, 1.165) is 22.7 Å². The number of benzene rings is 8. The van der Waals surface area contributed by atoms with Crippen LogP contribution in [0.5, 0.6) is 0 Å². The second-order valence-corrected chi connectivity index (χ2v) is 16.0. The monoisotopic (exact) mass is 708 g/mol. The van der Waals surface area contributed by atoms with Gasteiger partial charge in [0.25, 0.3) is 0 Å². The molecular formula is C51H36N2S. The van der Waals surface area contributed by atoms with Crippen LogP contribution in [0.1, 0.15) is 25.0 Å². The number of aromatic nitrogens is 1. The van der Waals surface area contributed by atoms with E-state index in [-0.39, 0.29) is 5.41 Å². The van der Waals surface area contributed by atoms with Gasteiger partial charge in [-0.3, -0.25) is 0 Å². The number of hydrogen-bond acceptors (Lipinski definition) is 2. The van der Waals surface area contributed by atoms with Crippen LogP contribution < -0.4 is 4.90 Å². The van der Waals surface area contributed by atoms with Crippen molar-refractivity contribution < 1.29 is 0 Å². The highest BCUT2D eigenvalue weighted by Gasteiger charge is 2.36. The van der Waals surface area contributed by atoms with Crippen LogP contribution in [0.2, 0.25) is 0 Å². The summed E-state index contributed by atoms with van der Waals surface area (Å²) in [6.45, 7) is 4.73. The Morgan fingerprint density at radius 3 is 1.98 bits per heavy atom. The smallest absolute Gasteiger partial charge is 0.0542 e. The SMILES string of the molecule is CC1(C)c2ccccc2-c2ccc(N(c3ccc4c(c3)c3ccccc3n4-c3ccccc3)c3ccccc3-c3ccc4c(c3)sc3ccccc34)cc21. The molecule has 0 spiro atoms. The first-order chi connectivity index (χ1) is 26.5. The molecule has 2 nitrogen and oxygen atoms in total. The molecule has 11 rings (SSSR count). The Morgan fingerprint density at radius 1 is 0.444 bits per heavy atom. The maximum atomic E-state index is 2.48. The number of para-hydroxylation sites is 3. The van der Waals surface area contributed by atoms with E-state index in [0.29, 0.717) is 0 Å². The molecule has 0 atom stereocenters. The van der Waals surface area contributed by atoms with Crippen molar-refractivity contribution in [3.05, 3.63) is 193 Å². The fraction of sp³-hybridized carbons (Fsp3) is 0.0588. The van der Waals surface area contributed by atoms with Crippen LogP contribution in [-0.4, -0.2) is 4.57 Å². The lowest BCUT2D eigenvalue weighted by Crippen LogP contribution is -2.16. The van der Waals surface area contributed by atoms with Crippen molar-refractivity contribution in [2.24, 2.45) is 0 Å². The molecule has 0 saturated heterocycles. The molecule has 256 valence electrons. The molecule has 0 aliphatic heterocycles. The second-order valence-electron chi connectivity index (χ2n) is 15.0. The largest absolute Gasteiger partial charge is 0.310 e. The Hall–Kier alpha value is -6.42. The molecule has 0 amide bonds. The van der Waals surface area contributed by atoms with Gasteiger partial charge in [0.1, 0.15) is 0 Å². The predicted octanol–water partition coefficient (Wildman–Crippen LogP) is 14.6. The Bertz CT molecular complexity index is 3090. The van der Waals surface area contributed by atoms with Crippen molar-refractivity contribution in [2.45, 2.75) is 19.3 Å². The lowest BCUT2D eigenvalue weighted by atomic mass is 9.82. The summed E-state index contributed by atoms with van der Waals surface area (Å²) in [4.78, 5) is 2.48. The molecule has 0 unspecified atom stereocenters. The van der Waals surface area contributed by atoms with E-state index < -0.39 is 0 Å². The fourth-order valence-corrected chi connectivity index (χ4v) is 10.2. The first kappa shape index (κ1) is 31.1. The molecule has 10 aromatic rings. The minimum atomic E-state index is -0.119. The van der Waals surface area contributed by atoms with Crippen LogP contribution in [0.4, 0.5) is 17.1 Å². The van der Waals surface area contributed by atoms with Crippen molar-refractivity contribution in [1.82, 2.24) is 4.57 Å². The maximum Gasteiger partial charge on any atom is 0.0542 e. The average molecular weight is 709 g/mol. The lowest BCUT2D eigenvalue weighted by Gasteiger charge is -2.30. The van der Waals surface area contributed by atoms with Gasteiger partial charge in [-0.05, 0) is 94.5 Å². The van der Waals surface area contributed by atoms with Crippen LogP contribution >= 0.6 is 11.3 Å². The average Bonchev–Trinajstić information content (AvgIpc) is 3.83. The lowest BCUT2D eigenvalue weighted by molar-refractivity contribution is 0.660. The highest BCUT2D eigenvalue weighted by molar-refractivity contribution is 7.25. The molecule has 0 N–H and O–H groups in total. The molecule has 0 fully saturated rings. The van der Waals surface area contributed by atoms with Crippen molar-refractivity contribution >= 4 is 70.4 Å². The molecule has 1 aliphatic carbocycles. The first-order valence-electron chi connectivity index (χ1n) is 18.7. The van der Waals surface area contributed by atoms with Gasteiger partial charge in [0.2, 0.25) is 0 Å².